The first-order chi connectivity index (χ1) is 11.6. The van der Waals surface area contributed by atoms with E-state index in [1.807, 2.05) is 28.8 Å². The normalized spacial score (nSPS) is 35.5. The molecular formula is C20H26N3O+. The zero-order chi connectivity index (χ0) is 16.5. The Labute approximate surface area is 142 Å². The molecule has 1 heterocycles. The van der Waals surface area contributed by atoms with Crippen LogP contribution in [0.5, 0.6) is 0 Å². The molecule has 0 spiro atoms. The van der Waals surface area contributed by atoms with Gasteiger partial charge in [0.2, 0.25) is 5.82 Å². The van der Waals surface area contributed by atoms with Gasteiger partial charge < -0.3 is 5.73 Å². The van der Waals surface area contributed by atoms with Crippen molar-refractivity contribution >= 4 is 16.7 Å². The molecule has 4 bridgehead atoms. The highest BCUT2D eigenvalue weighted by Crippen LogP contribution is 2.62. The van der Waals surface area contributed by atoms with Crippen molar-refractivity contribution in [3.63, 3.8) is 0 Å². The lowest BCUT2D eigenvalue weighted by atomic mass is 9.48. The molecular weight excluding hydrogens is 298 g/mol. The van der Waals surface area contributed by atoms with E-state index in [2.05, 4.69) is 11.9 Å². The summed E-state index contributed by atoms with van der Waals surface area (Å²) in [5.74, 6) is 3.25. The second kappa shape index (κ2) is 4.84. The molecule has 4 heteroatoms. The van der Waals surface area contributed by atoms with Crippen LogP contribution in [0.3, 0.4) is 0 Å². The van der Waals surface area contributed by atoms with E-state index in [4.69, 9.17) is 5.73 Å². The van der Waals surface area contributed by atoms with Crippen LogP contribution in [0, 0.1) is 23.2 Å². The number of aromatic amines is 1. The monoisotopic (exact) mass is 324 g/mol. The molecule has 4 aliphatic carbocycles. The fourth-order valence-corrected chi connectivity index (χ4v) is 6.58. The van der Waals surface area contributed by atoms with Crippen LogP contribution in [0.15, 0.2) is 29.1 Å². The lowest BCUT2D eigenvalue weighted by molar-refractivity contribution is -0.737. The topological polar surface area (TPSA) is 62.8 Å². The lowest BCUT2D eigenvalue weighted by Crippen LogP contribution is -2.63. The van der Waals surface area contributed by atoms with Crippen LogP contribution in [-0.2, 0) is 0 Å². The second-order valence-electron chi connectivity index (χ2n) is 8.69. The predicted octanol–water partition coefficient (Wildman–Crippen LogP) is 3.18. The third-order valence-electron chi connectivity index (χ3n) is 7.28. The number of anilines is 1. The minimum Gasteiger partial charge on any atom is -0.318 e. The molecule has 4 nitrogen and oxygen atoms in total. The van der Waals surface area contributed by atoms with E-state index in [1.165, 1.54) is 38.5 Å². The summed E-state index contributed by atoms with van der Waals surface area (Å²) in [6.45, 7) is 2.23. The molecule has 0 amide bonds. The summed E-state index contributed by atoms with van der Waals surface area (Å²) in [4.78, 5) is 15.9. The van der Waals surface area contributed by atoms with Crippen molar-refractivity contribution in [1.82, 2.24) is 4.98 Å². The third kappa shape index (κ3) is 1.92. The summed E-state index contributed by atoms with van der Waals surface area (Å²) < 4.78 is 1.86. The first-order valence-electron chi connectivity index (χ1n) is 9.38. The number of nitrogens with zero attached hydrogens (tertiary/aromatic N) is 1. The van der Waals surface area contributed by atoms with Gasteiger partial charge in [0.25, 0.3) is 0 Å². The molecule has 4 fully saturated rings. The van der Waals surface area contributed by atoms with Gasteiger partial charge in [0, 0.05) is 5.41 Å². The molecule has 2 aromatic rings. The maximum absolute atomic E-state index is 12.8. The van der Waals surface area contributed by atoms with Crippen molar-refractivity contribution in [2.75, 3.05) is 5.73 Å². The first-order valence-corrected chi connectivity index (χ1v) is 9.38. The minimum atomic E-state index is -0.0607. The molecule has 0 aliphatic heterocycles. The van der Waals surface area contributed by atoms with Crippen LogP contribution in [0.25, 0.3) is 10.9 Å². The molecule has 126 valence electrons. The van der Waals surface area contributed by atoms with Crippen LogP contribution in [0.1, 0.15) is 51.5 Å². The van der Waals surface area contributed by atoms with Crippen molar-refractivity contribution < 1.29 is 4.57 Å². The molecule has 0 radical (unpaired) electrons. The average Bonchev–Trinajstić information content (AvgIpc) is 2.53. The standard InChI is InChI=1S/C20H25N3O/c1-12(20-9-13-6-14(10-20)8-15(7-13)11-20)23-18(21)16-4-2-3-5-17(16)22-19(23)24/h2-5,12-15H,6-11H2,1H3,(H2,21,22,24)/p+1/t12-,13?,14?,15?,20?/m1/s1. The first kappa shape index (κ1) is 14.5. The van der Waals surface area contributed by atoms with E-state index in [0.29, 0.717) is 5.82 Å². The summed E-state index contributed by atoms with van der Waals surface area (Å²) in [6, 6.07) is 8.01. The molecule has 0 unspecified atom stereocenters. The van der Waals surface area contributed by atoms with Crippen LogP contribution in [0.4, 0.5) is 5.82 Å². The SMILES string of the molecule is C[C@@H]([n+]1c(N)c2ccccc2[nH]c1=O)C12CC3CC(CC(C3)C1)C2. The second-order valence-corrected chi connectivity index (χ2v) is 8.69. The number of benzene rings is 1. The van der Waals surface area contributed by atoms with Crippen molar-refractivity contribution in [2.24, 2.45) is 23.2 Å². The molecule has 1 aromatic carbocycles. The van der Waals surface area contributed by atoms with E-state index in [0.717, 1.165) is 28.7 Å². The smallest absolute Gasteiger partial charge is 0.318 e. The maximum Gasteiger partial charge on any atom is 0.441 e. The minimum absolute atomic E-state index is 0.0607. The van der Waals surface area contributed by atoms with Gasteiger partial charge in [0.1, 0.15) is 5.52 Å². The van der Waals surface area contributed by atoms with Gasteiger partial charge in [-0.3, -0.25) is 0 Å². The lowest BCUT2D eigenvalue weighted by Gasteiger charge is -2.58. The Morgan fingerprint density at radius 1 is 1.12 bits per heavy atom. The summed E-state index contributed by atoms with van der Waals surface area (Å²) >= 11 is 0. The summed E-state index contributed by atoms with van der Waals surface area (Å²) in [7, 11) is 0. The molecule has 4 saturated carbocycles. The van der Waals surface area contributed by atoms with Gasteiger partial charge in [-0.25, -0.2) is 9.78 Å². The van der Waals surface area contributed by atoms with Gasteiger partial charge in [-0.1, -0.05) is 12.1 Å². The Bertz CT molecular complexity index is 834. The number of fused-ring (bicyclic) bond motifs is 1. The third-order valence-corrected chi connectivity index (χ3v) is 7.28. The van der Waals surface area contributed by atoms with Gasteiger partial charge in [-0.2, -0.15) is 4.57 Å². The number of nitrogens with two attached hydrogens (primary N) is 1. The van der Waals surface area contributed by atoms with Crippen LogP contribution >= 0.6 is 0 Å². The Hall–Kier alpha value is -1.84. The Balaban J connectivity index is 1.64. The fraction of sp³-hybridized carbons (Fsp3) is 0.600. The molecule has 6 rings (SSSR count). The highest BCUT2D eigenvalue weighted by molar-refractivity contribution is 5.85. The number of aromatic nitrogens is 2. The quantitative estimate of drug-likeness (QED) is 0.834. The van der Waals surface area contributed by atoms with Crippen molar-refractivity contribution in [3.8, 4) is 0 Å². The van der Waals surface area contributed by atoms with Crippen LogP contribution in [-0.4, -0.2) is 4.98 Å². The van der Waals surface area contributed by atoms with E-state index in [9.17, 15) is 4.79 Å². The van der Waals surface area contributed by atoms with Crippen molar-refractivity contribution in [2.45, 2.75) is 51.5 Å². The molecule has 24 heavy (non-hydrogen) atoms. The Morgan fingerprint density at radius 3 is 2.33 bits per heavy atom. The average molecular weight is 324 g/mol. The van der Waals surface area contributed by atoms with Gasteiger partial charge in [0.15, 0.2) is 0 Å². The number of nitrogens with one attached hydrogen (secondary N) is 1. The maximum atomic E-state index is 12.8. The van der Waals surface area contributed by atoms with Gasteiger partial charge in [0.05, 0.1) is 11.4 Å². The number of para-hydroxylation sites is 1. The van der Waals surface area contributed by atoms with Gasteiger partial charge >= 0.3 is 5.69 Å². The number of rotatable bonds is 2. The van der Waals surface area contributed by atoms with Gasteiger partial charge in [-0.05, 0) is 75.3 Å². The van der Waals surface area contributed by atoms with Crippen molar-refractivity contribution in [1.29, 1.82) is 0 Å². The molecule has 3 N–H and O–H groups in total. The van der Waals surface area contributed by atoms with E-state index in [-0.39, 0.29) is 17.1 Å². The molecule has 1 atom stereocenters. The molecule has 4 aliphatic rings. The largest absolute Gasteiger partial charge is 0.441 e. The zero-order valence-electron chi connectivity index (χ0n) is 14.3. The van der Waals surface area contributed by atoms with Crippen LogP contribution in [0.2, 0.25) is 0 Å². The van der Waals surface area contributed by atoms with E-state index < -0.39 is 0 Å². The highest BCUT2D eigenvalue weighted by Gasteiger charge is 2.55. The number of nitrogen functional groups attached to an aromatic ring is 1. The summed E-state index contributed by atoms with van der Waals surface area (Å²) in [5.41, 5.74) is 7.52. The van der Waals surface area contributed by atoms with E-state index >= 15 is 0 Å². The zero-order valence-corrected chi connectivity index (χ0v) is 14.3. The highest BCUT2D eigenvalue weighted by atomic mass is 16.1. The number of hydrogen-bond donors (Lipinski definition) is 2. The molecule has 0 saturated heterocycles. The number of hydrogen-bond acceptors (Lipinski definition) is 2. The van der Waals surface area contributed by atoms with Gasteiger partial charge in [-0.15, -0.1) is 0 Å². The van der Waals surface area contributed by atoms with Crippen LogP contribution < -0.4 is 16.0 Å². The molecule has 1 aromatic heterocycles. The summed E-state index contributed by atoms with van der Waals surface area (Å²) in [6.07, 6.45) is 8.08. The summed E-state index contributed by atoms with van der Waals surface area (Å²) in [5, 5.41) is 0.952. The predicted molar refractivity (Wildman–Crippen MR) is 94.5 cm³/mol. The number of H-pyrrole nitrogens is 1. The fourth-order valence-electron chi connectivity index (χ4n) is 6.58. The Morgan fingerprint density at radius 2 is 1.71 bits per heavy atom. The van der Waals surface area contributed by atoms with Crippen molar-refractivity contribution in [3.05, 3.63) is 34.7 Å². The van der Waals surface area contributed by atoms with E-state index in [1.54, 1.807) is 0 Å². The Kier molecular flexibility index (Phi) is 2.92.